The van der Waals surface area contributed by atoms with Gasteiger partial charge in [0.15, 0.2) is 0 Å². The van der Waals surface area contributed by atoms with Crippen molar-refractivity contribution in [3.8, 4) is 0 Å². The monoisotopic (exact) mass is 358 g/mol. The molecule has 25 heavy (non-hydrogen) atoms. The van der Waals surface area contributed by atoms with E-state index >= 15 is 0 Å². The van der Waals surface area contributed by atoms with Crippen molar-refractivity contribution < 1.29 is 9.53 Å². The van der Waals surface area contributed by atoms with Crippen molar-refractivity contribution in [2.24, 2.45) is 0 Å². The lowest BCUT2D eigenvalue weighted by atomic mass is 10.1. The second kappa shape index (κ2) is 8.13. The molecular formula is C20H26N2O2S. The van der Waals surface area contributed by atoms with E-state index in [2.05, 4.69) is 42.3 Å². The van der Waals surface area contributed by atoms with Crippen LogP contribution in [0.2, 0.25) is 0 Å². The van der Waals surface area contributed by atoms with Crippen molar-refractivity contribution in [2.45, 2.75) is 46.1 Å². The Morgan fingerprint density at radius 1 is 1.20 bits per heavy atom. The Labute approximate surface area is 153 Å². The molecule has 4 nitrogen and oxygen atoms in total. The fourth-order valence-corrected chi connectivity index (χ4v) is 4.24. The maximum atomic E-state index is 12.4. The van der Waals surface area contributed by atoms with Gasteiger partial charge in [-0.3, -0.25) is 9.69 Å². The first-order valence-electron chi connectivity index (χ1n) is 8.80. The van der Waals surface area contributed by atoms with Gasteiger partial charge in [-0.15, -0.1) is 11.3 Å². The van der Waals surface area contributed by atoms with Crippen LogP contribution in [0.3, 0.4) is 0 Å². The summed E-state index contributed by atoms with van der Waals surface area (Å²) in [6, 6.07) is 10.3. The number of amides is 1. The van der Waals surface area contributed by atoms with Crippen LogP contribution in [0.1, 0.15) is 40.2 Å². The van der Waals surface area contributed by atoms with Gasteiger partial charge in [0.1, 0.15) is 0 Å². The average Bonchev–Trinajstić information content (AvgIpc) is 2.99. The van der Waals surface area contributed by atoms with E-state index in [0.717, 1.165) is 30.1 Å². The highest BCUT2D eigenvalue weighted by atomic mass is 32.1. The van der Waals surface area contributed by atoms with Crippen molar-refractivity contribution in [3.63, 3.8) is 0 Å². The maximum absolute atomic E-state index is 12.4. The van der Waals surface area contributed by atoms with E-state index in [4.69, 9.17) is 4.74 Å². The summed E-state index contributed by atoms with van der Waals surface area (Å²) in [5.74, 6) is 0.0101. The summed E-state index contributed by atoms with van der Waals surface area (Å²) in [7, 11) is 0. The molecule has 2 atom stereocenters. The van der Waals surface area contributed by atoms with Gasteiger partial charge >= 0.3 is 0 Å². The molecule has 0 radical (unpaired) electrons. The fraction of sp³-hybridized carbons (Fsp3) is 0.450. The number of hydrogen-bond donors (Lipinski definition) is 1. The zero-order valence-corrected chi connectivity index (χ0v) is 15.9. The zero-order chi connectivity index (χ0) is 17.8. The lowest BCUT2D eigenvalue weighted by Crippen LogP contribution is -2.45. The van der Waals surface area contributed by atoms with Crippen molar-refractivity contribution in [1.29, 1.82) is 0 Å². The molecule has 0 unspecified atom stereocenters. The number of carbonyl (C=O) groups is 1. The summed E-state index contributed by atoms with van der Waals surface area (Å²) in [5, 5.41) is 5.02. The highest BCUT2D eigenvalue weighted by Gasteiger charge is 2.22. The molecule has 1 N–H and O–H groups in total. The summed E-state index contributed by atoms with van der Waals surface area (Å²) in [6.07, 6.45) is 0.523. The minimum atomic E-state index is 0.0101. The van der Waals surface area contributed by atoms with Crippen molar-refractivity contribution in [1.82, 2.24) is 10.2 Å². The van der Waals surface area contributed by atoms with Crippen LogP contribution in [0.15, 0.2) is 35.7 Å². The first-order valence-corrected chi connectivity index (χ1v) is 9.67. The van der Waals surface area contributed by atoms with Crippen LogP contribution in [0, 0.1) is 6.92 Å². The standard InChI is InChI=1S/C20H26N2O2S/c1-14-8-9-25-19(14)20(23)21-10-17-6-4-5-7-18(17)13-22-11-15(2)24-16(3)12-22/h4-9,15-16H,10-13H2,1-3H3,(H,21,23)/t15-,16+. The van der Waals surface area contributed by atoms with Crippen LogP contribution in [0.25, 0.3) is 0 Å². The van der Waals surface area contributed by atoms with Crippen molar-refractivity contribution in [2.75, 3.05) is 13.1 Å². The number of hydrogen-bond acceptors (Lipinski definition) is 4. The molecule has 1 aliphatic rings. The van der Waals surface area contributed by atoms with E-state index < -0.39 is 0 Å². The molecule has 5 heteroatoms. The number of ether oxygens (including phenoxy) is 1. The molecule has 0 spiro atoms. The molecule has 2 aromatic rings. The summed E-state index contributed by atoms with van der Waals surface area (Å²) >= 11 is 1.49. The smallest absolute Gasteiger partial charge is 0.261 e. The van der Waals surface area contributed by atoms with Crippen molar-refractivity contribution in [3.05, 3.63) is 57.3 Å². The summed E-state index contributed by atoms with van der Waals surface area (Å²) in [4.78, 5) is 15.6. The predicted octanol–water partition coefficient (Wildman–Crippen LogP) is 3.60. The Balaban J connectivity index is 1.65. The van der Waals surface area contributed by atoms with Crippen LogP contribution in [0.5, 0.6) is 0 Å². The Morgan fingerprint density at radius 3 is 2.52 bits per heavy atom. The third-order valence-corrected chi connectivity index (χ3v) is 5.53. The van der Waals surface area contributed by atoms with E-state index in [0.29, 0.717) is 6.54 Å². The molecule has 3 rings (SSSR count). The minimum absolute atomic E-state index is 0.0101. The average molecular weight is 359 g/mol. The van der Waals surface area contributed by atoms with Crippen LogP contribution in [-0.4, -0.2) is 36.1 Å². The molecule has 1 fully saturated rings. The molecule has 2 heterocycles. The van der Waals surface area contributed by atoms with E-state index in [9.17, 15) is 4.79 Å². The summed E-state index contributed by atoms with van der Waals surface area (Å²) in [6.45, 7) is 9.55. The number of nitrogens with zero attached hydrogens (tertiary/aromatic N) is 1. The first-order chi connectivity index (χ1) is 12.0. The van der Waals surface area contributed by atoms with Gasteiger partial charge in [0, 0.05) is 26.2 Å². The Bertz CT molecular complexity index is 718. The molecule has 1 saturated heterocycles. The van der Waals surface area contributed by atoms with E-state index in [-0.39, 0.29) is 18.1 Å². The van der Waals surface area contributed by atoms with E-state index in [1.54, 1.807) is 0 Å². The number of nitrogens with one attached hydrogen (secondary N) is 1. The molecule has 134 valence electrons. The fourth-order valence-electron chi connectivity index (χ4n) is 3.40. The van der Waals surface area contributed by atoms with Gasteiger partial charge in [0.25, 0.3) is 5.91 Å². The second-order valence-electron chi connectivity index (χ2n) is 6.84. The van der Waals surface area contributed by atoms with Crippen LogP contribution < -0.4 is 5.32 Å². The predicted molar refractivity (Wildman–Crippen MR) is 102 cm³/mol. The Kier molecular flexibility index (Phi) is 5.89. The highest BCUT2D eigenvalue weighted by Crippen LogP contribution is 2.18. The van der Waals surface area contributed by atoms with Gasteiger partial charge in [-0.25, -0.2) is 0 Å². The number of aryl methyl sites for hydroxylation is 1. The number of benzene rings is 1. The van der Waals surface area contributed by atoms with Gasteiger partial charge in [0.05, 0.1) is 17.1 Å². The summed E-state index contributed by atoms with van der Waals surface area (Å²) in [5.41, 5.74) is 3.48. The topological polar surface area (TPSA) is 41.6 Å². The number of rotatable bonds is 5. The third-order valence-electron chi connectivity index (χ3n) is 4.52. The van der Waals surface area contributed by atoms with E-state index in [1.165, 1.54) is 22.5 Å². The minimum Gasteiger partial charge on any atom is -0.373 e. The maximum Gasteiger partial charge on any atom is 0.261 e. The number of morpholine rings is 1. The van der Waals surface area contributed by atoms with Gasteiger partial charge in [-0.2, -0.15) is 0 Å². The lowest BCUT2D eigenvalue weighted by molar-refractivity contribution is -0.0705. The molecule has 1 aliphatic heterocycles. The van der Waals surface area contributed by atoms with Gasteiger partial charge in [-0.05, 0) is 48.9 Å². The Hall–Kier alpha value is -1.69. The largest absolute Gasteiger partial charge is 0.373 e. The quantitative estimate of drug-likeness (QED) is 0.888. The Morgan fingerprint density at radius 2 is 1.88 bits per heavy atom. The van der Waals surface area contributed by atoms with Gasteiger partial charge < -0.3 is 10.1 Å². The summed E-state index contributed by atoms with van der Waals surface area (Å²) < 4.78 is 5.82. The zero-order valence-electron chi connectivity index (χ0n) is 15.1. The molecule has 1 amide bonds. The van der Waals surface area contributed by atoms with Crippen LogP contribution >= 0.6 is 11.3 Å². The molecule has 0 bridgehead atoms. The van der Waals surface area contributed by atoms with Gasteiger partial charge in [-0.1, -0.05) is 24.3 Å². The van der Waals surface area contributed by atoms with Crippen LogP contribution in [-0.2, 0) is 17.8 Å². The highest BCUT2D eigenvalue weighted by molar-refractivity contribution is 7.12. The molecule has 1 aromatic heterocycles. The number of thiophene rings is 1. The van der Waals surface area contributed by atoms with Gasteiger partial charge in [0.2, 0.25) is 0 Å². The molecule has 0 saturated carbocycles. The molecule has 1 aromatic carbocycles. The number of carbonyl (C=O) groups excluding carboxylic acids is 1. The molecule has 0 aliphatic carbocycles. The van der Waals surface area contributed by atoms with Crippen molar-refractivity contribution >= 4 is 17.2 Å². The third kappa shape index (κ3) is 4.69. The first kappa shape index (κ1) is 18.1. The molecular weight excluding hydrogens is 332 g/mol. The lowest BCUT2D eigenvalue weighted by Gasteiger charge is -2.35. The SMILES string of the molecule is Cc1ccsc1C(=O)NCc1ccccc1CN1C[C@@H](C)O[C@@H](C)C1. The second-order valence-corrected chi connectivity index (χ2v) is 7.75. The van der Waals surface area contributed by atoms with E-state index in [1.807, 2.05) is 24.4 Å². The van der Waals surface area contributed by atoms with Crippen LogP contribution in [0.4, 0.5) is 0 Å². The normalized spacial score (nSPS) is 21.2.